The number of carbonyl (C=O) groups is 2. The zero-order chi connectivity index (χ0) is 25.6. The van der Waals surface area contributed by atoms with E-state index in [-0.39, 0.29) is 41.1 Å². The number of hydrogen-bond acceptors (Lipinski definition) is 4. The molecule has 1 heterocycles. The molecule has 1 fully saturated rings. The van der Waals surface area contributed by atoms with Gasteiger partial charge in [-0.05, 0) is 28.4 Å². The van der Waals surface area contributed by atoms with Gasteiger partial charge in [0.05, 0.1) is 24.2 Å². The van der Waals surface area contributed by atoms with Gasteiger partial charge in [0.1, 0.15) is 0 Å². The van der Waals surface area contributed by atoms with Gasteiger partial charge in [-0.1, -0.05) is 102 Å². The molecule has 1 aliphatic heterocycles. The molecule has 2 aromatic carbocycles. The third-order valence-electron chi connectivity index (χ3n) is 6.75. The van der Waals surface area contributed by atoms with E-state index in [1.807, 2.05) is 36.4 Å². The minimum atomic E-state index is -0.397. The lowest BCUT2D eigenvalue weighted by Gasteiger charge is -2.36. The van der Waals surface area contributed by atoms with Crippen LogP contribution in [0.1, 0.15) is 64.8 Å². The van der Waals surface area contributed by atoms with E-state index in [2.05, 4.69) is 87.1 Å². The number of hydrogen-bond donors (Lipinski definition) is 4. The Bertz CT molecular complexity index is 882. The van der Waals surface area contributed by atoms with E-state index in [1.165, 1.54) is 0 Å². The highest BCUT2D eigenvalue weighted by Crippen LogP contribution is 2.32. The number of benzene rings is 2. The van der Waals surface area contributed by atoms with Crippen LogP contribution in [0.2, 0.25) is 0 Å². The Kier molecular flexibility index (Phi) is 9.09. The van der Waals surface area contributed by atoms with Crippen LogP contribution in [0.5, 0.6) is 0 Å². The van der Waals surface area contributed by atoms with E-state index in [4.69, 9.17) is 0 Å². The molecule has 0 aliphatic carbocycles. The van der Waals surface area contributed by atoms with E-state index in [1.54, 1.807) is 0 Å². The van der Waals surface area contributed by atoms with Crippen molar-refractivity contribution < 1.29 is 9.59 Å². The largest absolute Gasteiger partial charge is 0.354 e. The number of nitrogens with one attached hydrogen (secondary N) is 4. The van der Waals surface area contributed by atoms with Crippen LogP contribution in [-0.2, 0) is 9.59 Å². The number of rotatable bonds is 4. The fourth-order valence-electron chi connectivity index (χ4n) is 4.55. The minimum absolute atomic E-state index is 0.0215. The summed E-state index contributed by atoms with van der Waals surface area (Å²) in [6, 6.07) is 19.1. The van der Waals surface area contributed by atoms with Gasteiger partial charge in [0.2, 0.25) is 11.8 Å². The monoisotopic (exact) mass is 478 g/mol. The smallest absolute Gasteiger partial charge is 0.237 e. The predicted molar refractivity (Wildman–Crippen MR) is 142 cm³/mol. The van der Waals surface area contributed by atoms with Crippen molar-refractivity contribution in [1.29, 1.82) is 0 Å². The molecule has 6 nitrogen and oxygen atoms in total. The summed E-state index contributed by atoms with van der Waals surface area (Å²) in [6.45, 7) is 13.3. The first-order chi connectivity index (χ1) is 16.6. The molecule has 6 heteroatoms. The fraction of sp³-hybridized carbons (Fsp3) is 0.517. The van der Waals surface area contributed by atoms with Gasteiger partial charge in [0, 0.05) is 13.1 Å². The maximum absolute atomic E-state index is 13.4. The van der Waals surface area contributed by atoms with Gasteiger partial charge in [-0.25, -0.2) is 0 Å². The molecule has 0 spiro atoms. The lowest BCUT2D eigenvalue weighted by Crippen LogP contribution is -2.53. The van der Waals surface area contributed by atoms with Crippen molar-refractivity contribution in [1.82, 2.24) is 21.3 Å². The summed E-state index contributed by atoms with van der Waals surface area (Å²) >= 11 is 0. The van der Waals surface area contributed by atoms with Crippen LogP contribution in [0.25, 0.3) is 0 Å². The first kappa shape index (κ1) is 26.9. The van der Waals surface area contributed by atoms with E-state index in [0.29, 0.717) is 13.1 Å². The highest BCUT2D eigenvalue weighted by Gasteiger charge is 2.36. The van der Waals surface area contributed by atoms with Crippen molar-refractivity contribution in [3.05, 3.63) is 71.8 Å². The molecule has 4 atom stereocenters. The van der Waals surface area contributed by atoms with Crippen molar-refractivity contribution in [2.24, 2.45) is 17.3 Å². The van der Waals surface area contributed by atoms with Gasteiger partial charge >= 0.3 is 0 Å². The van der Waals surface area contributed by atoms with Crippen LogP contribution >= 0.6 is 0 Å². The third-order valence-corrected chi connectivity index (χ3v) is 6.75. The summed E-state index contributed by atoms with van der Waals surface area (Å²) in [5.74, 6) is 0.108. The van der Waals surface area contributed by atoms with Crippen LogP contribution in [0.4, 0.5) is 0 Å². The van der Waals surface area contributed by atoms with Crippen molar-refractivity contribution in [3.8, 4) is 0 Å². The van der Waals surface area contributed by atoms with Crippen LogP contribution in [0.3, 0.4) is 0 Å². The average Bonchev–Trinajstić information content (AvgIpc) is 2.84. The highest BCUT2D eigenvalue weighted by molar-refractivity contribution is 5.83. The Labute approximate surface area is 210 Å². The Balaban J connectivity index is 2.15. The SMILES string of the molecule is CC(C)[C@@H]1N[C@H](c2ccccc2)[C@H](c2ccccc2)N[C@@H](C(C)C)C(=O)NCC(C)(C)CNC1=O. The molecule has 0 bridgehead atoms. The Morgan fingerprint density at radius 3 is 1.31 bits per heavy atom. The Morgan fingerprint density at radius 1 is 0.657 bits per heavy atom. The van der Waals surface area contributed by atoms with E-state index < -0.39 is 12.1 Å². The normalized spacial score (nSPS) is 26.3. The molecule has 0 aromatic heterocycles. The second-order valence-electron chi connectivity index (χ2n) is 11.2. The van der Waals surface area contributed by atoms with E-state index in [9.17, 15) is 9.59 Å². The second kappa shape index (κ2) is 11.8. The molecule has 4 N–H and O–H groups in total. The summed E-state index contributed by atoms with van der Waals surface area (Å²) in [7, 11) is 0. The second-order valence-corrected chi connectivity index (χ2v) is 11.2. The summed E-state index contributed by atoms with van der Waals surface area (Å²) in [6.07, 6.45) is 0. The number of amides is 2. The highest BCUT2D eigenvalue weighted by atomic mass is 16.2. The summed E-state index contributed by atoms with van der Waals surface area (Å²) < 4.78 is 0. The predicted octanol–water partition coefficient (Wildman–Crippen LogP) is 3.97. The molecule has 190 valence electrons. The summed E-state index contributed by atoms with van der Waals surface area (Å²) in [5.41, 5.74) is 1.84. The van der Waals surface area contributed by atoms with Crippen LogP contribution in [0, 0.1) is 17.3 Å². The Morgan fingerprint density at radius 2 is 1.00 bits per heavy atom. The van der Waals surface area contributed by atoms with Crippen LogP contribution in [0.15, 0.2) is 60.7 Å². The van der Waals surface area contributed by atoms with Gasteiger partial charge < -0.3 is 10.6 Å². The van der Waals surface area contributed by atoms with Crippen molar-refractivity contribution in [2.75, 3.05) is 13.1 Å². The van der Waals surface area contributed by atoms with Crippen molar-refractivity contribution >= 4 is 11.8 Å². The maximum Gasteiger partial charge on any atom is 0.237 e. The summed E-state index contributed by atoms with van der Waals surface area (Å²) in [5, 5.41) is 13.7. The zero-order valence-electron chi connectivity index (χ0n) is 22.0. The molecule has 0 radical (unpaired) electrons. The van der Waals surface area contributed by atoms with Gasteiger partial charge in [-0.15, -0.1) is 0 Å². The summed E-state index contributed by atoms with van der Waals surface area (Å²) in [4.78, 5) is 26.8. The lowest BCUT2D eigenvalue weighted by molar-refractivity contribution is -0.125. The van der Waals surface area contributed by atoms with Crippen LogP contribution < -0.4 is 21.3 Å². The quantitative estimate of drug-likeness (QED) is 0.536. The van der Waals surface area contributed by atoms with Gasteiger partial charge in [-0.2, -0.15) is 0 Å². The van der Waals surface area contributed by atoms with Gasteiger partial charge in [0.15, 0.2) is 0 Å². The van der Waals surface area contributed by atoms with E-state index in [0.717, 1.165) is 11.1 Å². The fourth-order valence-corrected chi connectivity index (χ4v) is 4.55. The number of carbonyl (C=O) groups excluding carboxylic acids is 2. The van der Waals surface area contributed by atoms with Crippen molar-refractivity contribution in [3.63, 3.8) is 0 Å². The Hall–Kier alpha value is -2.70. The van der Waals surface area contributed by atoms with E-state index >= 15 is 0 Å². The maximum atomic E-state index is 13.4. The molecular weight excluding hydrogens is 436 g/mol. The van der Waals surface area contributed by atoms with Crippen molar-refractivity contribution in [2.45, 2.75) is 65.7 Å². The lowest BCUT2D eigenvalue weighted by atomic mass is 9.89. The molecule has 2 aromatic rings. The third kappa shape index (κ3) is 7.15. The topological polar surface area (TPSA) is 82.3 Å². The molecule has 3 rings (SSSR count). The standard InChI is InChI=1S/C29H42N4O2/c1-19(2)23-27(34)30-17-29(5,6)18-31-28(35)24(20(3)4)33-26(22-15-11-8-12-16-22)25(32-23)21-13-9-7-10-14-21/h7-16,19-20,23-26,32-33H,17-18H2,1-6H3,(H,30,34)(H,31,35)/t23-,24-,25-,26+/m0/s1. The minimum Gasteiger partial charge on any atom is -0.354 e. The average molecular weight is 479 g/mol. The first-order valence-corrected chi connectivity index (χ1v) is 12.8. The molecular formula is C29H42N4O2. The molecule has 1 saturated heterocycles. The molecule has 1 aliphatic rings. The molecule has 35 heavy (non-hydrogen) atoms. The van der Waals surface area contributed by atoms with Crippen LogP contribution in [-0.4, -0.2) is 37.0 Å². The zero-order valence-corrected chi connectivity index (χ0v) is 22.0. The molecule has 0 saturated carbocycles. The van der Waals surface area contributed by atoms with Gasteiger partial charge in [-0.3, -0.25) is 20.2 Å². The first-order valence-electron chi connectivity index (χ1n) is 12.8. The molecule has 0 unspecified atom stereocenters. The van der Waals surface area contributed by atoms with Gasteiger partial charge in [0.25, 0.3) is 0 Å². The molecule has 2 amide bonds.